The molecular weight excluding hydrogens is 294 g/mol. The molecule has 0 aliphatic rings. The van der Waals surface area contributed by atoms with E-state index in [2.05, 4.69) is 15.3 Å². The molecule has 0 aliphatic carbocycles. The highest BCUT2D eigenvalue weighted by molar-refractivity contribution is 7.14. The summed E-state index contributed by atoms with van der Waals surface area (Å²) in [5, 5.41) is 5.34. The molecule has 5 heteroatoms. The summed E-state index contributed by atoms with van der Waals surface area (Å²) in [5.74, 6) is -0.143. The second-order valence-electron chi connectivity index (χ2n) is 5.03. The van der Waals surface area contributed by atoms with Crippen LogP contribution in [0.3, 0.4) is 0 Å². The van der Waals surface area contributed by atoms with Gasteiger partial charge in [0, 0.05) is 28.9 Å². The molecule has 0 saturated heterocycles. The summed E-state index contributed by atoms with van der Waals surface area (Å²) in [6, 6.07) is 9.47. The summed E-state index contributed by atoms with van der Waals surface area (Å²) < 4.78 is 0. The lowest BCUT2D eigenvalue weighted by Crippen LogP contribution is -2.12. The van der Waals surface area contributed by atoms with E-state index in [9.17, 15) is 4.79 Å². The molecule has 2 aromatic heterocycles. The van der Waals surface area contributed by atoms with Crippen LogP contribution in [0.15, 0.2) is 48.1 Å². The Bertz CT molecular complexity index is 812. The maximum absolute atomic E-state index is 12.3. The van der Waals surface area contributed by atoms with E-state index in [0.29, 0.717) is 10.7 Å². The number of thiazole rings is 1. The molecular formula is C17H15N3OS. The normalized spacial score (nSPS) is 10.5. The van der Waals surface area contributed by atoms with Gasteiger partial charge in [0.2, 0.25) is 0 Å². The molecule has 1 amide bonds. The topological polar surface area (TPSA) is 54.9 Å². The molecule has 0 aliphatic heterocycles. The Morgan fingerprint density at radius 3 is 2.77 bits per heavy atom. The van der Waals surface area contributed by atoms with Crippen LogP contribution in [0.25, 0.3) is 11.3 Å². The number of carbonyl (C=O) groups excluding carboxylic acids is 1. The van der Waals surface area contributed by atoms with Crippen LogP contribution < -0.4 is 5.32 Å². The maximum atomic E-state index is 12.3. The molecule has 110 valence electrons. The zero-order valence-electron chi connectivity index (χ0n) is 12.3. The quantitative estimate of drug-likeness (QED) is 0.793. The van der Waals surface area contributed by atoms with Gasteiger partial charge in [0.05, 0.1) is 5.69 Å². The number of anilines is 1. The van der Waals surface area contributed by atoms with Crippen molar-refractivity contribution in [3.63, 3.8) is 0 Å². The first-order chi connectivity index (χ1) is 10.6. The third-order valence-electron chi connectivity index (χ3n) is 3.45. The molecule has 4 nitrogen and oxygen atoms in total. The highest BCUT2D eigenvalue weighted by Crippen LogP contribution is 2.24. The predicted octanol–water partition coefficient (Wildman–Crippen LogP) is 4.07. The van der Waals surface area contributed by atoms with Gasteiger partial charge in [-0.05, 0) is 49.2 Å². The van der Waals surface area contributed by atoms with Crippen LogP contribution in [-0.2, 0) is 0 Å². The number of aromatic nitrogens is 2. The minimum absolute atomic E-state index is 0.143. The standard InChI is InChI=1S/C17H15N3OS/c1-11-5-6-13(8-12(11)2)16(21)20-17-19-15(10-22-17)14-4-3-7-18-9-14/h3-10H,1-2H3,(H,19,20,21). The van der Waals surface area contributed by atoms with Gasteiger partial charge in [-0.15, -0.1) is 11.3 Å². The zero-order chi connectivity index (χ0) is 15.5. The number of nitrogens with one attached hydrogen (secondary N) is 1. The van der Waals surface area contributed by atoms with E-state index in [1.54, 1.807) is 12.4 Å². The highest BCUT2D eigenvalue weighted by Gasteiger charge is 2.10. The number of aryl methyl sites for hydroxylation is 2. The molecule has 1 N–H and O–H groups in total. The Balaban J connectivity index is 1.77. The molecule has 22 heavy (non-hydrogen) atoms. The molecule has 0 bridgehead atoms. The average Bonchev–Trinajstić information content (AvgIpc) is 2.99. The number of pyridine rings is 1. The second-order valence-corrected chi connectivity index (χ2v) is 5.89. The van der Waals surface area contributed by atoms with Crippen molar-refractivity contribution in [2.45, 2.75) is 13.8 Å². The van der Waals surface area contributed by atoms with Gasteiger partial charge in [0.1, 0.15) is 0 Å². The lowest BCUT2D eigenvalue weighted by Gasteiger charge is -2.05. The van der Waals surface area contributed by atoms with Crippen LogP contribution in [0.1, 0.15) is 21.5 Å². The fraction of sp³-hybridized carbons (Fsp3) is 0.118. The summed E-state index contributed by atoms with van der Waals surface area (Å²) in [6.45, 7) is 4.02. The fourth-order valence-corrected chi connectivity index (χ4v) is 2.74. The molecule has 2 heterocycles. The van der Waals surface area contributed by atoms with Crippen LogP contribution in [-0.4, -0.2) is 15.9 Å². The van der Waals surface area contributed by atoms with Crippen molar-refractivity contribution in [1.29, 1.82) is 0 Å². The van der Waals surface area contributed by atoms with Gasteiger partial charge in [-0.25, -0.2) is 4.98 Å². The molecule has 1 aromatic carbocycles. The van der Waals surface area contributed by atoms with Crippen molar-refractivity contribution in [2.75, 3.05) is 5.32 Å². The van der Waals surface area contributed by atoms with Crippen LogP contribution in [0.5, 0.6) is 0 Å². The van der Waals surface area contributed by atoms with E-state index in [-0.39, 0.29) is 5.91 Å². The third-order valence-corrected chi connectivity index (χ3v) is 4.21. The summed E-state index contributed by atoms with van der Waals surface area (Å²) in [6.07, 6.45) is 3.47. The first-order valence-corrected chi connectivity index (χ1v) is 7.76. The van der Waals surface area contributed by atoms with Crippen molar-refractivity contribution in [2.24, 2.45) is 0 Å². The van der Waals surface area contributed by atoms with Gasteiger partial charge in [-0.2, -0.15) is 0 Å². The van der Waals surface area contributed by atoms with Gasteiger partial charge < -0.3 is 0 Å². The SMILES string of the molecule is Cc1ccc(C(=O)Nc2nc(-c3cccnc3)cs2)cc1C. The second kappa shape index (κ2) is 6.07. The number of nitrogens with zero attached hydrogens (tertiary/aromatic N) is 2. The van der Waals surface area contributed by atoms with Crippen molar-refractivity contribution in [3.8, 4) is 11.3 Å². The number of hydrogen-bond acceptors (Lipinski definition) is 4. The van der Waals surface area contributed by atoms with Crippen molar-refractivity contribution < 1.29 is 4.79 Å². The van der Waals surface area contributed by atoms with E-state index in [1.807, 2.05) is 49.6 Å². The molecule has 0 saturated carbocycles. The van der Waals surface area contributed by atoms with Crippen molar-refractivity contribution in [1.82, 2.24) is 9.97 Å². The average molecular weight is 309 g/mol. The molecule has 0 atom stereocenters. The van der Waals surface area contributed by atoms with E-state index >= 15 is 0 Å². The third kappa shape index (κ3) is 3.04. The Labute approximate surface area is 132 Å². The largest absolute Gasteiger partial charge is 0.298 e. The predicted molar refractivity (Wildman–Crippen MR) is 89.2 cm³/mol. The monoisotopic (exact) mass is 309 g/mol. The highest BCUT2D eigenvalue weighted by atomic mass is 32.1. The first-order valence-electron chi connectivity index (χ1n) is 6.88. The van der Waals surface area contributed by atoms with E-state index in [1.165, 1.54) is 16.9 Å². The number of hydrogen-bond donors (Lipinski definition) is 1. The Morgan fingerprint density at radius 2 is 2.05 bits per heavy atom. The van der Waals surface area contributed by atoms with Crippen LogP contribution in [0.2, 0.25) is 0 Å². The molecule has 3 rings (SSSR count). The number of carbonyl (C=O) groups is 1. The van der Waals surface area contributed by atoms with Gasteiger partial charge in [-0.1, -0.05) is 6.07 Å². The molecule has 3 aromatic rings. The maximum Gasteiger partial charge on any atom is 0.257 e. The number of amides is 1. The van der Waals surface area contributed by atoms with Crippen LogP contribution in [0.4, 0.5) is 5.13 Å². The number of benzene rings is 1. The Hall–Kier alpha value is -2.53. The summed E-state index contributed by atoms with van der Waals surface area (Å²) in [7, 11) is 0. The first kappa shape index (κ1) is 14.4. The summed E-state index contributed by atoms with van der Waals surface area (Å²) in [4.78, 5) is 20.8. The van der Waals surface area contributed by atoms with Crippen LogP contribution in [0, 0.1) is 13.8 Å². The Kier molecular flexibility index (Phi) is 3.98. The molecule has 0 radical (unpaired) electrons. The molecule has 0 unspecified atom stereocenters. The molecule has 0 fully saturated rings. The van der Waals surface area contributed by atoms with Gasteiger partial charge in [-0.3, -0.25) is 15.1 Å². The number of rotatable bonds is 3. The van der Waals surface area contributed by atoms with E-state index < -0.39 is 0 Å². The van der Waals surface area contributed by atoms with Gasteiger partial charge >= 0.3 is 0 Å². The van der Waals surface area contributed by atoms with E-state index in [0.717, 1.165) is 16.8 Å². The minimum atomic E-state index is -0.143. The van der Waals surface area contributed by atoms with Gasteiger partial charge in [0.15, 0.2) is 5.13 Å². The Morgan fingerprint density at radius 1 is 1.18 bits per heavy atom. The van der Waals surface area contributed by atoms with Crippen molar-refractivity contribution >= 4 is 22.4 Å². The fourth-order valence-electron chi connectivity index (χ4n) is 2.03. The summed E-state index contributed by atoms with van der Waals surface area (Å²) in [5.41, 5.74) is 4.66. The van der Waals surface area contributed by atoms with Gasteiger partial charge in [0.25, 0.3) is 5.91 Å². The van der Waals surface area contributed by atoms with Crippen molar-refractivity contribution in [3.05, 3.63) is 64.8 Å². The lowest BCUT2D eigenvalue weighted by atomic mass is 10.1. The molecule has 0 spiro atoms. The zero-order valence-corrected chi connectivity index (χ0v) is 13.1. The lowest BCUT2D eigenvalue weighted by molar-refractivity contribution is 0.102. The summed E-state index contributed by atoms with van der Waals surface area (Å²) >= 11 is 1.40. The van der Waals surface area contributed by atoms with Crippen LogP contribution >= 0.6 is 11.3 Å². The van der Waals surface area contributed by atoms with E-state index in [4.69, 9.17) is 0 Å². The smallest absolute Gasteiger partial charge is 0.257 e. The minimum Gasteiger partial charge on any atom is -0.298 e.